The van der Waals surface area contributed by atoms with Gasteiger partial charge in [-0.25, -0.2) is 0 Å². The van der Waals surface area contributed by atoms with Crippen molar-refractivity contribution in [3.8, 4) is 11.8 Å². The number of carboxylic acid groups (broad SMARTS) is 1. The van der Waals surface area contributed by atoms with E-state index in [2.05, 4.69) is 30.6 Å². The zero-order chi connectivity index (χ0) is 20.0. The van der Waals surface area contributed by atoms with Gasteiger partial charge in [-0.1, -0.05) is 0 Å². The number of carbonyl (C=O) groups is 2. The Labute approximate surface area is 177 Å². The van der Waals surface area contributed by atoms with Crippen LogP contribution in [-0.2, 0) is 9.59 Å². The first-order valence-corrected chi connectivity index (χ1v) is 11.5. The molecule has 1 aliphatic rings. The van der Waals surface area contributed by atoms with Gasteiger partial charge in [-0.3, -0.25) is 0 Å². The molecule has 27 heavy (non-hydrogen) atoms. The van der Waals surface area contributed by atoms with Crippen LogP contribution < -0.4 is 0 Å². The summed E-state index contributed by atoms with van der Waals surface area (Å²) in [4.78, 5) is 28.6. The topological polar surface area (TPSA) is 60.9 Å². The molecule has 1 fully saturated rings. The van der Waals surface area contributed by atoms with Crippen LogP contribution in [0, 0.1) is 17.8 Å². The maximum absolute atomic E-state index is 13.0. The van der Waals surface area contributed by atoms with Crippen molar-refractivity contribution in [2.45, 2.75) is 42.2 Å². The summed E-state index contributed by atoms with van der Waals surface area (Å²) in [5, 5.41) is 9.73. The third kappa shape index (κ3) is 6.04. The second-order valence-electron chi connectivity index (χ2n) is 7.30. The molecule has 0 spiro atoms. The summed E-state index contributed by atoms with van der Waals surface area (Å²) < 4.78 is -0.209. The summed E-state index contributed by atoms with van der Waals surface area (Å²) in [6.45, 7) is 5.20. The second-order valence-corrected chi connectivity index (χ2v) is 9.54. The number of rotatable bonds is 5. The first kappa shape index (κ1) is 21.9. The van der Waals surface area contributed by atoms with E-state index in [-0.39, 0.29) is 15.4 Å². The van der Waals surface area contributed by atoms with Crippen molar-refractivity contribution >= 4 is 37.6 Å². The number of amides is 1. The van der Waals surface area contributed by atoms with Crippen LogP contribution in [0.3, 0.4) is 0 Å². The van der Waals surface area contributed by atoms with Crippen molar-refractivity contribution in [2.24, 2.45) is 5.92 Å². The average Bonchev–Trinajstić information content (AvgIpc) is 2.66. The summed E-state index contributed by atoms with van der Waals surface area (Å²) in [6, 6.07) is 9.01. The molecule has 0 saturated carbocycles. The van der Waals surface area contributed by atoms with Crippen LogP contribution in [0.5, 0.6) is 0 Å². The quantitative estimate of drug-likeness (QED) is 0.440. The predicted molar refractivity (Wildman–Crippen MR) is 106 cm³/mol. The van der Waals surface area contributed by atoms with Gasteiger partial charge in [0.25, 0.3) is 0 Å². The molecule has 0 aromatic heterocycles. The van der Waals surface area contributed by atoms with Crippen LogP contribution in [-0.4, -0.2) is 84.8 Å². The molecule has 0 aliphatic carbocycles. The fourth-order valence-electron chi connectivity index (χ4n) is 3.30. The third-order valence-corrected chi connectivity index (χ3v) is 7.12. The fourth-order valence-corrected chi connectivity index (χ4v) is 4.70. The van der Waals surface area contributed by atoms with Gasteiger partial charge in [0.15, 0.2) is 0 Å². The number of hydrogen-bond donors (Lipinski definition) is 1. The van der Waals surface area contributed by atoms with Gasteiger partial charge in [0.1, 0.15) is 0 Å². The SMILES string of the molecule is CC(C)C#CCN(C)C1CCN(C(=O)[CH]([Pb])c2ccccc2)C(C(=O)O)C1. The van der Waals surface area contributed by atoms with E-state index >= 15 is 0 Å². The summed E-state index contributed by atoms with van der Waals surface area (Å²) in [5.41, 5.74) is 0.974. The van der Waals surface area contributed by atoms with Crippen molar-refractivity contribution in [3.63, 3.8) is 0 Å². The molecular weight excluding hydrogens is 535 g/mol. The van der Waals surface area contributed by atoms with E-state index in [1.54, 1.807) is 4.90 Å². The molecule has 5 nitrogen and oxygen atoms in total. The summed E-state index contributed by atoms with van der Waals surface area (Å²) in [6.07, 6.45) is 1.22. The molecule has 1 amide bonds. The molecule has 1 aliphatic heterocycles. The van der Waals surface area contributed by atoms with E-state index < -0.39 is 12.0 Å². The molecule has 2 rings (SSSR count). The molecule has 1 aromatic carbocycles. The van der Waals surface area contributed by atoms with Crippen molar-refractivity contribution in [1.82, 2.24) is 9.80 Å². The van der Waals surface area contributed by atoms with E-state index in [0.717, 1.165) is 12.0 Å². The summed E-state index contributed by atoms with van der Waals surface area (Å²) in [7, 11) is 1.98. The second kappa shape index (κ2) is 10.2. The van der Waals surface area contributed by atoms with Crippen LogP contribution in [0.1, 0.15) is 35.7 Å². The Morgan fingerprint density at radius 3 is 2.59 bits per heavy atom. The Balaban J connectivity index is 2.07. The van der Waals surface area contributed by atoms with Crippen molar-refractivity contribution in [3.05, 3.63) is 35.9 Å². The molecule has 6 heteroatoms. The number of nitrogens with zero attached hydrogens (tertiary/aromatic N) is 2. The summed E-state index contributed by atoms with van der Waals surface area (Å²) >= 11 is 0.659. The number of carboxylic acids is 1. The molecular formula is C21H27N2O3Pb. The van der Waals surface area contributed by atoms with E-state index in [9.17, 15) is 14.7 Å². The standard InChI is InChI=1S/C21H27N2O3.Pb/c1-16(2)8-7-12-22(3)18-11-13-23(19(15-18)21(25)26)20(24)14-17-9-5-4-6-10-17;/h4-6,9-10,14,16,18-19H,11-13,15H2,1-3H3,(H,25,26);. The molecule has 1 N–H and O–H groups in total. The van der Waals surface area contributed by atoms with Gasteiger partial charge in [0.2, 0.25) is 0 Å². The number of benzene rings is 1. The van der Waals surface area contributed by atoms with Gasteiger partial charge < -0.3 is 0 Å². The number of carbonyl (C=O) groups excluding carboxylic acids is 1. The van der Waals surface area contributed by atoms with Gasteiger partial charge in [-0.05, 0) is 0 Å². The molecule has 1 saturated heterocycles. The Morgan fingerprint density at radius 1 is 1.33 bits per heavy atom. The average molecular weight is 563 g/mol. The zero-order valence-electron chi connectivity index (χ0n) is 16.2. The Morgan fingerprint density at radius 2 is 2.00 bits per heavy atom. The van der Waals surface area contributed by atoms with E-state index in [4.69, 9.17) is 0 Å². The molecule has 143 valence electrons. The van der Waals surface area contributed by atoms with Crippen LogP contribution in [0.25, 0.3) is 0 Å². The van der Waals surface area contributed by atoms with Gasteiger partial charge >= 0.3 is 178 Å². The van der Waals surface area contributed by atoms with E-state index in [1.807, 2.05) is 37.4 Å². The van der Waals surface area contributed by atoms with Crippen molar-refractivity contribution in [2.75, 3.05) is 20.1 Å². The zero-order valence-corrected chi connectivity index (χ0v) is 20.1. The molecule has 0 bridgehead atoms. The number of piperidine rings is 1. The molecule has 1 aromatic rings. The number of likely N-dealkylation sites (tertiary alicyclic amines) is 1. The summed E-state index contributed by atoms with van der Waals surface area (Å²) in [5.74, 6) is 5.65. The number of hydrogen-bond acceptors (Lipinski definition) is 3. The minimum absolute atomic E-state index is 0.0547. The van der Waals surface area contributed by atoms with Crippen molar-refractivity contribution in [1.29, 1.82) is 0 Å². The van der Waals surface area contributed by atoms with Gasteiger partial charge in [0.05, 0.1) is 0 Å². The van der Waals surface area contributed by atoms with E-state index in [1.165, 1.54) is 0 Å². The van der Waals surface area contributed by atoms with Crippen LogP contribution in [0.15, 0.2) is 30.3 Å². The van der Waals surface area contributed by atoms with Crippen LogP contribution in [0.2, 0.25) is 0 Å². The van der Waals surface area contributed by atoms with Gasteiger partial charge in [-0.15, -0.1) is 0 Å². The predicted octanol–water partition coefficient (Wildman–Crippen LogP) is 1.93. The normalized spacial score (nSPS) is 20.9. The first-order chi connectivity index (χ1) is 12.8. The monoisotopic (exact) mass is 563 g/mol. The van der Waals surface area contributed by atoms with Gasteiger partial charge in [0, 0.05) is 0 Å². The number of aliphatic carboxylic acids is 1. The first-order valence-electron chi connectivity index (χ1n) is 9.29. The third-order valence-electron chi connectivity index (χ3n) is 4.87. The molecule has 3 unspecified atom stereocenters. The maximum atomic E-state index is 13.0. The van der Waals surface area contributed by atoms with E-state index in [0.29, 0.717) is 51.2 Å². The van der Waals surface area contributed by atoms with Crippen molar-refractivity contribution < 1.29 is 14.7 Å². The molecule has 3 atom stereocenters. The Kier molecular flexibility index (Phi) is 8.30. The fraction of sp³-hybridized carbons (Fsp3) is 0.524. The molecule has 1 heterocycles. The van der Waals surface area contributed by atoms with Crippen LogP contribution >= 0.6 is 0 Å². The van der Waals surface area contributed by atoms with Crippen LogP contribution in [0.4, 0.5) is 0 Å². The minimum atomic E-state index is -0.920. The van der Waals surface area contributed by atoms with Gasteiger partial charge in [-0.2, -0.15) is 0 Å². The molecule has 3 radical (unpaired) electrons. The Bertz CT molecular complexity index is 711. The Hall–Kier alpha value is -1.40.